The number of benzene rings is 3. The summed E-state index contributed by atoms with van der Waals surface area (Å²) in [6.45, 7) is 0.795. The Bertz CT molecular complexity index is 1060. The summed E-state index contributed by atoms with van der Waals surface area (Å²) in [5, 5.41) is 2.81. The van der Waals surface area contributed by atoms with Crippen molar-refractivity contribution in [2.24, 2.45) is 5.73 Å². The van der Waals surface area contributed by atoms with Crippen molar-refractivity contribution in [3.63, 3.8) is 0 Å². The maximum atomic E-state index is 11.9. The molecule has 3 N–H and O–H groups in total. The van der Waals surface area contributed by atoms with Gasteiger partial charge in [0.15, 0.2) is 0 Å². The highest BCUT2D eigenvalue weighted by Crippen LogP contribution is 2.07. The number of nitrogens with two attached hydrogens (primary N) is 1. The van der Waals surface area contributed by atoms with E-state index < -0.39 is 0 Å². The van der Waals surface area contributed by atoms with E-state index >= 15 is 0 Å². The van der Waals surface area contributed by atoms with Crippen LogP contribution in [0.2, 0.25) is 0 Å². The monoisotopic (exact) mass is 470 g/mol. The third-order valence-electron chi connectivity index (χ3n) is 4.42. The van der Waals surface area contributed by atoms with Crippen molar-refractivity contribution >= 4 is 30.3 Å². The van der Waals surface area contributed by atoms with Gasteiger partial charge in [-0.2, -0.15) is 0 Å². The number of nitrogens with one attached hydrogen (secondary N) is 1. The normalized spacial score (nSPS) is 9.42. The van der Waals surface area contributed by atoms with Crippen LogP contribution in [-0.4, -0.2) is 32.1 Å². The average molecular weight is 471 g/mol. The zero-order valence-electron chi connectivity index (χ0n) is 18.4. The van der Waals surface area contributed by atoms with Gasteiger partial charge in [-0.3, -0.25) is 4.79 Å². The van der Waals surface area contributed by atoms with Gasteiger partial charge in [0.05, 0.1) is 25.3 Å². The molecule has 0 atom stereocenters. The summed E-state index contributed by atoms with van der Waals surface area (Å²) >= 11 is 0. The van der Waals surface area contributed by atoms with Crippen molar-refractivity contribution in [1.29, 1.82) is 0 Å². The van der Waals surface area contributed by atoms with E-state index in [0.717, 1.165) is 11.1 Å². The van der Waals surface area contributed by atoms with E-state index in [1.807, 2.05) is 30.3 Å². The highest BCUT2D eigenvalue weighted by molar-refractivity contribution is 5.94. The molecule has 0 aliphatic rings. The third kappa shape index (κ3) is 8.76. The first-order chi connectivity index (χ1) is 15.5. The Balaban J connectivity index is 0.000000361. The zero-order chi connectivity index (χ0) is 23.3. The fourth-order valence-electron chi connectivity index (χ4n) is 2.74. The molecular weight excluding hydrogens is 444 g/mol. The summed E-state index contributed by atoms with van der Waals surface area (Å²) < 4.78 is 9.22. The molecule has 0 saturated heterocycles. The van der Waals surface area contributed by atoms with Gasteiger partial charge in [0, 0.05) is 18.7 Å². The van der Waals surface area contributed by atoms with Crippen LogP contribution in [-0.2, 0) is 22.6 Å². The molecule has 3 rings (SSSR count). The van der Waals surface area contributed by atoms with Crippen LogP contribution < -0.4 is 11.1 Å². The summed E-state index contributed by atoms with van der Waals surface area (Å²) in [6, 6.07) is 23.0. The van der Waals surface area contributed by atoms with Crippen LogP contribution in [0.3, 0.4) is 0 Å². The molecule has 0 aliphatic heterocycles. The van der Waals surface area contributed by atoms with E-state index in [9.17, 15) is 14.4 Å². The van der Waals surface area contributed by atoms with Gasteiger partial charge in [-0.05, 0) is 47.5 Å². The minimum atomic E-state index is -0.388. The summed E-state index contributed by atoms with van der Waals surface area (Å²) in [4.78, 5) is 34.3. The van der Waals surface area contributed by atoms with E-state index in [1.54, 1.807) is 48.5 Å². The van der Waals surface area contributed by atoms with Crippen molar-refractivity contribution in [2.45, 2.75) is 13.1 Å². The molecule has 0 aliphatic carbocycles. The Morgan fingerprint density at radius 1 is 0.727 bits per heavy atom. The fourth-order valence-corrected chi connectivity index (χ4v) is 2.74. The summed E-state index contributed by atoms with van der Waals surface area (Å²) in [7, 11) is 2.70. The SMILES string of the molecule is COC(=O)c1cccc(CN)c1.COC(=O)c1cccc(CNC(=O)c2ccccc2)c1.Cl. The van der Waals surface area contributed by atoms with Crippen molar-refractivity contribution in [2.75, 3.05) is 14.2 Å². The first-order valence-corrected chi connectivity index (χ1v) is 9.86. The Labute approximate surface area is 199 Å². The molecule has 0 aromatic heterocycles. The van der Waals surface area contributed by atoms with Gasteiger partial charge in [0.25, 0.3) is 5.91 Å². The van der Waals surface area contributed by atoms with Gasteiger partial charge < -0.3 is 20.5 Å². The summed E-state index contributed by atoms with van der Waals surface area (Å²) in [5.74, 6) is -0.861. The second-order valence-corrected chi connectivity index (χ2v) is 6.64. The average Bonchev–Trinajstić information content (AvgIpc) is 2.87. The van der Waals surface area contributed by atoms with Crippen LogP contribution in [0.15, 0.2) is 78.9 Å². The predicted molar refractivity (Wildman–Crippen MR) is 128 cm³/mol. The summed E-state index contributed by atoms with van der Waals surface area (Å²) in [6.07, 6.45) is 0. The molecule has 0 heterocycles. The molecule has 0 unspecified atom stereocenters. The lowest BCUT2D eigenvalue weighted by Gasteiger charge is -2.06. The minimum Gasteiger partial charge on any atom is -0.465 e. The largest absolute Gasteiger partial charge is 0.465 e. The number of hydrogen-bond donors (Lipinski definition) is 2. The van der Waals surface area contributed by atoms with E-state index in [1.165, 1.54) is 14.2 Å². The molecule has 0 saturated carbocycles. The number of rotatable bonds is 6. The molecule has 3 aromatic carbocycles. The summed E-state index contributed by atoms with van der Waals surface area (Å²) in [5.41, 5.74) is 8.80. The maximum absolute atomic E-state index is 11.9. The van der Waals surface area contributed by atoms with Crippen LogP contribution in [0.1, 0.15) is 42.2 Å². The maximum Gasteiger partial charge on any atom is 0.337 e. The van der Waals surface area contributed by atoms with Gasteiger partial charge in [0.2, 0.25) is 0 Å². The van der Waals surface area contributed by atoms with E-state index in [0.29, 0.717) is 29.8 Å². The number of methoxy groups -OCH3 is 2. The third-order valence-corrected chi connectivity index (χ3v) is 4.42. The highest BCUT2D eigenvalue weighted by Gasteiger charge is 2.07. The molecule has 3 aromatic rings. The number of esters is 2. The molecule has 0 radical (unpaired) electrons. The van der Waals surface area contributed by atoms with Gasteiger partial charge in [0.1, 0.15) is 0 Å². The van der Waals surface area contributed by atoms with E-state index in [4.69, 9.17) is 5.73 Å². The lowest BCUT2D eigenvalue weighted by molar-refractivity contribution is 0.0591. The highest BCUT2D eigenvalue weighted by atomic mass is 35.5. The lowest BCUT2D eigenvalue weighted by Crippen LogP contribution is -2.22. The van der Waals surface area contributed by atoms with Crippen LogP contribution in [0.5, 0.6) is 0 Å². The molecule has 0 spiro atoms. The van der Waals surface area contributed by atoms with Crippen LogP contribution in [0, 0.1) is 0 Å². The Kier molecular flexibility index (Phi) is 11.9. The second-order valence-electron chi connectivity index (χ2n) is 6.64. The van der Waals surface area contributed by atoms with Crippen LogP contribution >= 0.6 is 12.4 Å². The topological polar surface area (TPSA) is 108 Å². The Morgan fingerprint density at radius 3 is 1.73 bits per heavy atom. The van der Waals surface area contributed by atoms with Crippen molar-refractivity contribution in [1.82, 2.24) is 5.32 Å². The van der Waals surface area contributed by atoms with E-state index in [2.05, 4.69) is 14.8 Å². The number of hydrogen-bond acceptors (Lipinski definition) is 6. The molecular formula is C25H27ClN2O5. The standard InChI is InChI=1S/C16H15NO3.C9H11NO2.ClH/c1-20-16(19)14-9-5-6-12(10-14)11-17-15(18)13-7-3-2-4-8-13;1-12-9(11)8-4-2-3-7(5-8)6-10;/h2-10H,11H2,1H3,(H,17,18);2-5H,6,10H2,1H3;1H. The van der Waals surface area contributed by atoms with Crippen molar-refractivity contribution in [3.05, 3.63) is 107 Å². The molecule has 7 nitrogen and oxygen atoms in total. The molecule has 174 valence electrons. The first-order valence-electron chi connectivity index (χ1n) is 9.86. The van der Waals surface area contributed by atoms with Gasteiger partial charge in [-0.15, -0.1) is 12.4 Å². The lowest BCUT2D eigenvalue weighted by atomic mass is 10.1. The Morgan fingerprint density at radius 2 is 1.21 bits per heavy atom. The van der Waals surface area contributed by atoms with Crippen molar-refractivity contribution in [3.8, 4) is 0 Å². The van der Waals surface area contributed by atoms with Gasteiger partial charge in [-0.1, -0.05) is 42.5 Å². The molecule has 0 fully saturated rings. The Hall–Kier alpha value is -3.68. The number of ether oxygens (including phenoxy) is 2. The number of carbonyl (C=O) groups is 3. The second kappa shape index (κ2) is 14.4. The quantitative estimate of drug-likeness (QED) is 0.531. The smallest absolute Gasteiger partial charge is 0.337 e. The number of carbonyl (C=O) groups excluding carboxylic acids is 3. The van der Waals surface area contributed by atoms with Gasteiger partial charge >= 0.3 is 11.9 Å². The zero-order valence-corrected chi connectivity index (χ0v) is 19.3. The molecule has 33 heavy (non-hydrogen) atoms. The first kappa shape index (κ1) is 27.4. The number of halogens is 1. The number of amides is 1. The van der Waals surface area contributed by atoms with Gasteiger partial charge in [-0.25, -0.2) is 9.59 Å². The molecule has 1 amide bonds. The van der Waals surface area contributed by atoms with Crippen LogP contribution in [0.4, 0.5) is 0 Å². The van der Waals surface area contributed by atoms with E-state index in [-0.39, 0.29) is 30.3 Å². The fraction of sp³-hybridized carbons (Fsp3) is 0.160. The molecule has 8 heteroatoms. The minimum absolute atomic E-state index is 0. The molecule has 0 bridgehead atoms. The van der Waals surface area contributed by atoms with Crippen molar-refractivity contribution < 1.29 is 23.9 Å². The predicted octanol–water partition coefficient (Wildman–Crippen LogP) is 3.76. The van der Waals surface area contributed by atoms with Crippen LogP contribution in [0.25, 0.3) is 0 Å².